The Morgan fingerprint density at radius 1 is 1.17 bits per heavy atom. The number of ketones is 1. The molecule has 0 fully saturated rings. The maximum absolute atomic E-state index is 12.1. The van der Waals surface area contributed by atoms with Gasteiger partial charge in [-0.05, 0) is 19.1 Å². The summed E-state index contributed by atoms with van der Waals surface area (Å²) in [4.78, 5) is 23.7. The molecule has 0 amide bonds. The van der Waals surface area contributed by atoms with Gasteiger partial charge in [-0.2, -0.15) is 0 Å². The molecule has 1 aromatic carbocycles. The van der Waals surface area contributed by atoms with Crippen molar-refractivity contribution in [3.8, 4) is 10.8 Å². The highest BCUT2D eigenvalue weighted by Crippen LogP contribution is 2.44. The predicted octanol–water partition coefficient (Wildman–Crippen LogP) is 4.43. The van der Waals surface area contributed by atoms with Gasteiger partial charge in [0.15, 0.2) is 11.5 Å². The van der Waals surface area contributed by atoms with Gasteiger partial charge in [-0.1, -0.05) is 44.2 Å². The number of Topliss-reactive ketones (excluding diaryl/α,β-unsaturated/α-hetero) is 1. The van der Waals surface area contributed by atoms with Crippen LogP contribution >= 0.6 is 11.3 Å². The second-order valence-electron chi connectivity index (χ2n) is 5.96. The minimum atomic E-state index is -0.786. The molecule has 0 spiro atoms. The van der Waals surface area contributed by atoms with Crippen molar-refractivity contribution in [2.45, 2.75) is 27.7 Å². The van der Waals surface area contributed by atoms with E-state index in [-0.39, 0.29) is 19.0 Å². The van der Waals surface area contributed by atoms with Gasteiger partial charge in [0, 0.05) is 15.5 Å². The van der Waals surface area contributed by atoms with Crippen LogP contribution in [0.25, 0.3) is 10.1 Å². The maximum atomic E-state index is 12.1. The van der Waals surface area contributed by atoms with Crippen LogP contribution in [-0.2, 0) is 9.53 Å². The third-order valence-corrected chi connectivity index (χ3v) is 4.17. The average Bonchev–Trinajstić information content (AvgIpc) is 2.81. The number of carbonyl (C=O) groups is 2. The quantitative estimate of drug-likeness (QED) is 0.756. The van der Waals surface area contributed by atoms with Gasteiger partial charge >= 0.3 is 6.16 Å². The van der Waals surface area contributed by atoms with Crippen molar-refractivity contribution in [1.29, 1.82) is 0 Å². The molecule has 23 heavy (non-hydrogen) atoms. The van der Waals surface area contributed by atoms with Crippen LogP contribution in [0.3, 0.4) is 0 Å². The van der Waals surface area contributed by atoms with Crippen molar-refractivity contribution in [3.05, 3.63) is 24.3 Å². The Morgan fingerprint density at radius 3 is 2.52 bits per heavy atom. The first-order chi connectivity index (χ1) is 10.8. The predicted molar refractivity (Wildman–Crippen MR) is 89.4 cm³/mol. The standard InChI is InChI=1S/C17H20O5S/c1-5-20-16(19)22-15-14(21-10-13(18)17(2,3)4)11-8-6-7-9-12(11)23-15/h6-9H,5,10H2,1-4H3. The Kier molecular flexibility index (Phi) is 5.26. The zero-order valence-electron chi connectivity index (χ0n) is 13.7. The number of rotatable bonds is 5. The molecule has 2 rings (SSSR count). The molecule has 1 heterocycles. The molecular weight excluding hydrogens is 316 g/mol. The van der Waals surface area contributed by atoms with E-state index >= 15 is 0 Å². The van der Waals surface area contributed by atoms with E-state index < -0.39 is 11.6 Å². The summed E-state index contributed by atoms with van der Waals surface area (Å²) in [5, 5.41) is 1.10. The lowest BCUT2D eigenvalue weighted by molar-refractivity contribution is -0.128. The minimum Gasteiger partial charge on any atom is -0.480 e. The fraction of sp³-hybridized carbons (Fsp3) is 0.412. The molecular formula is C17H20O5S. The first kappa shape index (κ1) is 17.3. The van der Waals surface area contributed by atoms with Crippen LogP contribution < -0.4 is 9.47 Å². The van der Waals surface area contributed by atoms with Crippen molar-refractivity contribution in [1.82, 2.24) is 0 Å². The molecule has 1 aromatic heterocycles. The van der Waals surface area contributed by atoms with Crippen LogP contribution in [0.5, 0.6) is 10.8 Å². The van der Waals surface area contributed by atoms with Crippen LogP contribution in [0.4, 0.5) is 4.79 Å². The van der Waals surface area contributed by atoms with Gasteiger partial charge in [-0.3, -0.25) is 4.79 Å². The Balaban J connectivity index is 2.28. The summed E-state index contributed by atoms with van der Waals surface area (Å²) in [5.74, 6) is 0.367. The zero-order valence-corrected chi connectivity index (χ0v) is 14.5. The van der Waals surface area contributed by atoms with Crippen LogP contribution in [0.1, 0.15) is 27.7 Å². The van der Waals surface area contributed by atoms with Crippen molar-refractivity contribution in [3.63, 3.8) is 0 Å². The molecule has 0 bridgehead atoms. The Labute approximate surface area is 139 Å². The minimum absolute atomic E-state index is 0.0325. The Morgan fingerprint density at radius 2 is 1.87 bits per heavy atom. The lowest BCUT2D eigenvalue weighted by atomic mass is 9.91. The van der Waals surface area contributed by atoms with Crippen molar-refractivity contribution >= 4 is 33.4 Å². The molecule has 0 atom stereocenters. The highest BCUT2D eigenvalue weighted by molar-refractivity contribution is 7.21. The average molecular weight is 336 g/mol. The number of carbonyl (C=O) groups excluding carboxylic acids is 2. The highest BCUT2D eigenvalue weighted by atomic mass is 32.1. The third kappa shape index (κ3) is 4.22. The number of thiophene rings is 1. The summed E-state index contributed by atoms with van der Waals surface area (Å²) < 4.78 is 16.6. The molecule has 0 aliphatic rings. The fourth-order valence-electron chi connectivity index (χ4n) is 1.78. The van der Waals surface area contributed by atoms with Crippen molar-refractivity contribution in [2.75, 3.05) is 13.2 Å². The van der Waals surface area contributed by atoms with Crippen molar-refractivity contribution in [2.24, 2.45) is 5.41 Å². The van der Waals surface area contributed by atoms with Gasteiger partial charge in [-0.25, -0.2) is 4.79 Å². The largest absolute Gasteiger partial charge is 0.514 e. The SMILES string of the molecule is CCOC(=O)Oc1sc2ccccc2c1OCC(=O)C(C)(C)C. The Hall–Kier alpha value is -2.08. The normalized spacial score (nSPS) is 11.3. The van der Waals surface area contributed by atoms with Gasteiger partial charge in [0.1, 0.15) is 6.61 Å². The summed E-state index contributed by atoms with van der Waals surface area (Å²) in [6.45, 7) is 7.35. The molecule has 2 aromatic rings. The third-order valence-electron chi connectivity index (χ3n) is 3.14. The van der Waals surface area contributed by atoms with Crippen LogP contribution in [0, 0.1) is 5.41 Å². The molecule has 0 aliphatic heterocycles. The number of benzene rings is 1. The van der Waals surface area contributed by atoms with E-state index in [4.69, 9.17) is 14.2 Å². The molecule has 124 valence electrons. The monoisotopic (exact) mass is 336 g/mol. The number of ether oxygens (including phenoxy) is 3. The molecule has 0 saturated heterocycles. The van der Waals surface area contributed by atoms with E-state index in [0.29, 0.717) is 10.8 Å². The van der Waals surface area contributed by atoms with E-state index in [1.54, 1.807) is 6.92 Å². The summed E-state index contributed by atoms with van der Waals surface area (Å²) in [5.41, 5.74) is -0.492. The molecule has 0 radical (unpaired) electrons. The van der Waals surface area contributed by atoms with Gasteiger partial charge in [0.25, 0.3) is 0 Å². The summed E-state index contributed by atoms with van der Waals surface area (Å²) in [6.07, 6.45) is -0.786. The van der Waals surface area contributed by atoms with Crippen LogP contribution in [-0.4, -0.2) is 25.2 Å². The van der Waals surface area contributed by atoms with E-state index in [1.165, 1.54) is 11.3 Å². The Bertz CT molecular complexity index is 711. The summed E-state index contributed by atoms with van der Waals surface area (Å²) in [7, 11) is 0. The van der Waals surface area contributed by atoms with E-state index in [9.17, 15) is 9.59 Å². The second kappa shape index (κ2) is 7.00. The summed E-state index contributed by atoms with van der Waals surface area (Å²) in [6, 6.07) is 7.51. The number of hydrogen-bond donors (Lipinski definition) is 0. The second-order valence-corrected chi connectivity index (χ2v) is 6.98. The summed E-state index contributed by atoms with van der Waals surface area (Å²) >= 11 is 1.28. The highest BCUT2D eigenvalue weighted by Gasteiger charge is 2.24. The van der Waals surface area contributed by atoms with Crippen molar-refractivity contribution < 1.29 is 23.8 Å². The van der Waals surface area contributed by atoms with E-state index in [0.717, 1.165) is 10.1 Å². The number of hydrogen-bond acceptors (Lipinski definition) is 6. The molecule has 6 heteroatoms. The molecule has 5 nitrogen and oxygen atoms in total. The van der Waals surface area contributed by atoms with Gasteiger partial charge in [-0.15, -0.1) is 0 Å². The maximum Gasteiger partial charge on any atom is 0.514 e. The lowest BCUT2D eigenvalue weighted by Gasteiger charge is -2.17. The molecule has 0 unspecified atom stereocenters. The van der Waals surface area contributed by atoms with Gasteiger partial charge in [0.05, 0.1) is 6.61 Å². The molecule has 0 N–H and O–H groups in total. The zero-order chi connectivity index (χ0) is 17.0. The molecule has 0 saturated carbocycles. The van der Waals surface area contributed by atoms with Gasteiger partial charge < -0.3 is 14.2 Å². The molecule has 0 aliphatic carbocycles. The van der Waals surface area contributed by atoms with E-state index in [2.05, 4.69) is 0 Å². The first-order valence-electron chi connectivity index (χ1n) is 7.35. The van der Waals surface area contributed by atoms with Gasteiger partial charge in [0.2, 0.25) is 5.06 Å². The van der Waals surface area contributed by atoms with E-state index in [1.807, 2.05) is 45.0 Å². The fourth-order valence-corrected chi connectivity index (χ4v) is 2.77. The first-order valence-corrected chi connectivity index (χ1v) is 8.16. The topological polar surface area (TPSA) is 61.8 Å². The smallest absolute Gasteiger partial charge is 0.480 e. The lowest BCUT2D eigenvalue weighted by Crippen LogP contribution is -2.26. The van der Waals surface area contributed by atoms with Crippen LogP contribution in [0.15, 0.2) is 24.3 Å². The van der Waals surface area contributed by atoms with Crippen LogP contribution in [0.2, 0.25) is 0 Å². The number of fused-ring (bicyclic) bond motifs is 1.